The number of ether oxygens (including phenoxy) is 1. The third-order valence-electron chi connectivity index (χ3n) is 1.87. The van der Waals surface area contributed by atoms with E-state index in [4.69, 9.17) is 10.2 Å². The Labute approximate surface area is 92.7 Å². The second-order valence-corrected chi connectivity index (χ2v) is 3.08. The van der Waals surface area contributed by atoms with Crippen LogP contribution >= 0.6 is 0 Å². The Bertz CT molecular complexity index is 348. The Morgan fingerprint density at radius 1 is 1.62 bits per heavy atom. The van der Waals surface area contributed by atoms with Crippen LogP contribution in [0.2, 0.25) is 0 Å². The van der Waals surface area contributed by atoms with E-state index in [-0.39, 0.29) is 13.2 Å². The van der Waals surface area contributed by atoms with Crippen molar-refractivity contribution in [3.05, 3.63) is 24.2 Å². The summed E-state index contributed by atoms with van der Waals surface area (Å²) in [5.41, 5.74) is 6.17. The number of esters is 1. The minimum Gasteiger partial charge on any atom is -0.472 e. The summed E-state index contributed by atoms with van der Waals surface area (Å²) < 4.78 is 9.44. The number of furan rings is 1. The maximum absolute atomic E-state index is 11.4. The molecule has 0 aliphatic carbocycles. The number of amides is 1. The molecule has 1 unspecified atom stereocenters. The maximum Gasteiger partial charge on any atom is 0.332 e. The first-order valence-corrected chi connectivity index (χ1v) is 4.86. The van der Waals surface area contributed by atoms with E-state index in [1.54, 1.807) is 13.0 Å². The Balaban J connectivity index is 2.37. The van der Waals surface area contributed by atoms with Crippen molar-refractivity contribution in [1.82, 2.24) is 5.32 Å². The first kappa shape index (κ1) is 12.3. The molecule has 1 aromatic rings. The van der Waals surface area contributed by atoms with E-state index in [2.05, 4.69) is 10.1 Å². The highest BCUT2D eigenvalue weighted by atomic mass is 16.5. The van der Waals surface area contributed by atoms with Gasteiger partial charge in [0.2, 0.25) is 5.91 Å². The van der Waals surface area contributed by atoms with E-state index in [1.807, 2.05) is 0 Å². The highest BCUT2D eigenvalue weighted by molar-refractivity contribution is 6.01. The highest BCUT2D eigenvalue weighted by Gasteiger charge is 2.22. The quantitative estimate of drug-likeness (QED) is 0.535. The maximum atomic E-state index is 11.4. The van der Waals surface area contributed by atoms with E-state index >= 15 is 0 Å². The van der Waals surface area contributed by atoms with Crippen molar-refractivity contribution in [1.29, 1.82) is 0 Å². The van der Waals surface area contributed by atoms with Crippen LogP contribution in [0.3, 0.4) is 0 Å². The van der Waals surface area contributed by atoms with E-state index in [1.165, 1.54) is 12.5 Å². The number of hydrogen-bond donors (Lipinski definition) is 2. The van der Waals surface area contributed by atoms with Crippen LogP contribution in [0.15, 0.2) is 23.0 Å². The smallest absolute Gasteiger partial charge is 0.332 e. The topological polar surface area (TPSA) is 94.6 Å². The summed E-state index contributed by atoms with van der Waals surface area (Å²) in [7, 11) is 0. The van der Waals surface area contributed by atoms with Gasteiger partial charge in [0.1, 0.15) is 0 Å². The number of hydrogen-bond acceptors (Lipinski definition) is 5. The van der Waals surface area contributed by atoms with Gasteiger partial charge in [-0.3, -0.25) is 4.79 Å². The molecule has 0 fully saturated rings. The number of rotatable bonds is 5. The summed E-state index contributed by atoms with van der Waals surface area (Å²) >= 11 is 0. The first-order valence-electron chi connectivity index (χ1n) is 4.86. The Morgan fingerprint density at radius 3 is 2.94 bits per heavy atom. The van der Waals surface area contributed by atoms with E-state index in [0.717, 1.165) is 5.56 Å². The van der Waals surface area contributed by atoms with Gasteiger partial charge < -0.3 is 20.2 Å². The molecular weight excluding hydrogens is 212 g/mol. The van der Waals surface area contributed by atoms with Crippen LogP contribution in [0.25, 0.3) is 0 Å². The predicted molar refractivity (Wildman–Crippen MR) is 55.2 cm³/mol. The zero-order chi connectivity index (χ0) is 12.0. The number of nitrogens with two attached hydrogens (primary N) is 1. The highest BCUT2D eigenvalue weighted by Crippen LogP contribution is 1.98. The van der Waals surface area contributed by atoms with Gasteiger partial charge in [-0.2, -0.15) is 0 Å². The van der Waals surface area contributed by atoms with Gasteiger partial charge in [-0.15, -0.1) is 0 Å². The Kier molecular flexibility index (Phi) is 4.53. The molecule has 0 spiro atoms. The molecule has 1 heterocycles. The summed E-state index contributed by atoms with van der Waals surface area (Å²) in [6.45, 7) is 2.11. The van der Waals surface area contributed by atoms with Gasteiger partial charge in [0.05, 0.1) is 19.1 Å². The molecule has 1 amide bonds. The van der Waals surface area contributed by atoms with Crippen molar-refractivity contribution < 1.29 is 18.7 Å². The second-order valence-electron chi connectivity index (χ2n) is 3.08. The molecule has 6 heteroatoms. The van der Waals surface area contributed by atoms with Crippen molar-refractivity contribution >= 4 is 11.9 Å². The third kappa shape index (κ3) is 3.39. The summed E-state index contributed by atoms with van der Waals surface area (Å²) in [5.74, 6) is -1.30. The lowest BCUT2D eigenvalue weighted by Gasteiger charge is -2.10. The van der Waals surface area contributed by atoms with E-state index < -0.39 is 17.9 Å². The van der Waals surface area contributed by atoms with Gasteiger partial charge in [0.15, 0.2) is 6.04 Å². The number of nitrogens with one attached hydrogen (secondary N) is 1. The van der Waals surface area contributed by atoms with E-state index in [0.29, 0.717) is 0 Å². The third-order valence-corrected chi connectivity index (χ3v) is 1.87. The Morgan fingerprint density at radius 2 is 2.38 bits per heavy atom. The van der Waals surface area contributed by atoms with Gasteiger partial charge in [-0.1, -0.05) is 0 Å². The zero-order valence-electron chi connectivity index (χ0n) is 8.93. The number of carbonyl (C=O) groups is 2. The molecule has 1 rings (SSSR count). The van der Waals surface area contributed by atoms with Crippen LogP contribution < -0.4 is 11.1 Å². The van der Waals surface area contributed by atoms with Gasteiger partial charge >= 0.3 is 5.97 Å². The fourth-order valence-electron chi connectivity index (χ4n) is 1.03. The molecular formula is C10H14N2O4. The van der Waals surface area contributed by atoms with Crippen LogP contribution in [-0.4, -0.2) is 24.5 Å². The summed E-state index contributed by atoms with van der Waals surface area (Å²) in [6, 6.07) is 0.419. The van der Waals surface area contributed by atoms with Crippen molar-refractivity contribution in [3.8, 4) is 0 Å². The average Bonchev–Trinajstić information content (AvgIpc) is 2.78. The molecule has 0 aliphatic heterocycles. The zero-order valence-corrected chi connectivity index (χ0v) is 8.93. The molecule has 16 heavy (non-hydrogen) atoms. The van der Waals surface area contributed by atoms with Gasteiger partial charge in [0.25, 0.3) is 0 Å². The van der Waals surface area contributed by atoms with Crippen molar-refractivity contribution in [2.75, 3.05) is 6.61 Å². The van der Waals surface area contributed by atoms with Crippen LogP contribution in [0.1, 0.15) is 12.5 Å². The molecule has 0 aromatic carbocycles. The average molecular weight is 226 g/mol. The molecule has 0 aliphatic rings. The molecule has 88 valence electrons. The molecule has 0 radical (unpaired) electrons. The molecule has 0 bridgehead atoms. The standard InChI is InChI=1S/C10H14N2O4/c1-2-16-10(14)8(11)9(13)12-5-7-3-4-15-6-7/h3-4,6,8H,2,5,11H2,1H3,(H,12,13). The predicted octanol–water partition coefficient (Wildman–Crippen LogP) is -0.214. The van der Waals surface area contributed by atoms with E-state index in [9.17, 15) is 9.59 Å². The van der Waals surface area contributed by atoms with Crippen LogP contribution in [0.5, 0.6) is 0 Å². The normalized spacial score (nSPS) is 11.9. The van der Waals surface area contributed by atoms with Gasteiger partial charge in [-0.05, 0) is 13.0 Å². The molecule has 1 aromatic heterocycles. The minimum atomic E-state index is -1.29. The summed E-state index contributed by atoms with van der Waals surface area (Å²) in [6.07, 6.45) is 2.99. The summed E-state index contributed by atoms with van der Waals surface area (Å²) in [4.78, 5) is 22.5. The fraction of sp³-hybridized carbons (Fsp3) is 0.400. The van der Waals surface area contributed by atoms with Crippen molar-refractivity contribution in [2.45, 2.75) is 19.5 Å². The lowest BCUT2D eigenvalue weighted by molar-refractivity contribution is -0.148. The largest absolute Gasteiger partial charge is 0.472 e. The van der Waals surface area contributed by atoms with Crippen LogP contribution in [0.4, 0.5) is 0 Å². The summed E-state index contributed by atoms with van der Waals surface area (Å²) in [5, 5.41) is 2.50. The Hall–Kier alpha value is -1.82. The SMILES string of the molecule is CCOC(=O)C(N)C(=O)NCc1ccoc1. The molecule has 6 nitrogen and oxygen atoms in total. The molecule has 1 atom stereocenters. The molecule has 0 saturated carbocycles. The van der Waals surface area contributed by atoms with Gasteiger partial charge in [0, 0.05) is 12.1 Å². The lowest BCUT2D eigenvalue weighted by Crippen LogP contribution is -2.46. The van der Waals surface area contributed by atoms with Crippen molar-refractivity contribution in [2.24, 2.45) is 5.73 Å². The fourth-order valence-corrected chi connectivity index (χ4v) is 1.03. The lowest BCUT2D eigenvalue weighted by atomic mass is 10.2. The number of carbonyl (C=O) groups excluding carboxylic acids is 2. The second kappa shape index (κ2) is 5.92. The molecule has 0 saturated heterocycles. The van der Waals surface area contributed by atoms with Crippen LogP contribution in [-0.2, 0) is 20.9 Å². The first-order chi connectivity index (χ1) is 7.65. The van der Waals surface area contributed by atoms with Crippen molar-refractivity contribution in [3.63, 3.8) is 0 Å². The monoisotopic (exact) mass is 226 g/mol. The molecule has 3 N–H and O–H groups in total. The van der Waals surface area contributed by atoms with Gasteiger partial charge in [-0.25, -0.2) is 4.79 Å². The van der Waals surface area contributed by atoms with Crippen LogP contribution in [0, 0.1) is 0 Å². The minimum absolute atomic E-state index is 0.196.